The van der Waals surface area contributed by atoms with Crippen LogP contribution >= 0.6 is 0 Å². The van der Waals surface area contributed by atoms with Crippen molar-refractivity contribution in [2.75, 3.05) is 0 Å². The van der Waals surface area contributed by atoms with Crippen LogP contribution in [0, 0.1) is 33.0 Å². The summed E-state index contributed by atoms with van der Waals surface area (Å²) in [5, 5.41) is 9.32. The van der Waals surface area contributed by atoms with Crippen LogP contribution in [0.25, 0.3) is 6.08 Å². The Morgan fingerprint density at radius 1 is 0.625 bits per heavy atom. The van der Waals surface area contributed by atoms with Crippen LogP contribution in [0.4, 0.5) is 0 Å². The molecule has 1 aromatic rings. The number of Topliss-reactive ketones (excluding diaryl/α,β-unsaturated/α-hetero) is 2. The Labute approximate surface area is 241 Å². The predicted molar refractivity (Wildman–Crippen MR) is 166 cm³/mol. The number of carbonyl (C=O) groups excluding carboxylic acids is 2. The molecule has 2 aliphatic carbocycles. The highest BCUT2D eigenvalue weighted by molar-refractivity contribution is 6.13. The van der Waals surface area contributed by atoms with Gasteiger partial charge in [0.1, 0.15) is 0 Å². The van der Waals surface area contributed by atoms with E-state index in [1.807, 2.05) is 57.2 Å². The summed E-state index contributed by atoms with van der Waals surface area (Å²) in [6.07, 6.45) is 12.9. The minimum absolute atomic E-state index is 0.0457. The fraction of sp³-hybridized carbons (Fsp3) is 0.432. The molecule has 0 N–H and O–H groups in total. The van der Waals surface area contributed by atoms with Gasteiger partial charge in [-0.15, -0.1) is 0 Å². The zero-order chi connectivity index (χ0) is 30.1. The predicted octanol–water partition coefficient (Wildman–Crippen LogP) is 9.32. The second kappa shape index (κ2) is 11.2. The number of hydrogen-bond acceptors (Lipinski definition) is 3. The van der Waals surface area contributed by atoms with Gasteiger partial charge < -0.3 is 0 Å². The van der Waals surface area contributed by atoms with Crippen LogP contribution in [-0.4, -0.2) is 11.6 Å². The largest absolute Gasteiger partial charge is 0.289 e. The van der Waals surface area contributed by atoms with Crippen molar-refractivity contribution in [2.24, 2.45) is 21.7 Å². The van der Waals surface area contributed by atoms with Gasteiger partial charge in [0, 0.05) is 28.4 Å². The maximum atomic E-state index is 13.9. The van der Waals surface area contributed by atoms with Gasteiger partial charge in [-0.25, -0.2) is 0 Å². The number of benzene rings is 1. The number of ketones is 2. The molecule has 3 rings (SSSR count). The standard InChI is InChI=1S/C37H45NO2/c1-34(2,3)28-21-26(16-19-38)22-30(32(28)39)36(7,8)17-18-37(9,10)31-24-27(20-25-14-12-11-13-15-25)23-29(33(31)40)35(4,5)6/h11-16,20-24H,17-18H2,1-10H3/b26-16+,27-20-. The van der Waals surface area contributed by atoms with Gasteiger partial charge in [0.05, 0.1) is 6.07 Å². The molecular weight excluding hydrogens is 490 g/mol. The van der Waals surface area contributed by atoms with Crippen molar-refractivity contribution in [1.29, 1.82) is 5.26 Å². The Hall–Kier alpha value is -3.51. The normalized spacial score (nSPS) is 19.2. The fourth-order valence-electron chi connectivity index (χ4n) is 5.30. The molecule has 0 saturated heterocycles. The highest BCUT2D eigenvalue weighted by atomic mass is 16.1. The Bertz CT molecular complexity index is 1410. The van der Waals surface area contributed by atoms with Crippen LogP contribution in [0.3, 0.4) is 0 Å². The van der Waals surface area contributed by atoms with E-state index >= 15 is 0 Å². The van der Waals surface area contributed by atoms with Gasteiger partial charge in [-0.3, -0.25) is 9.59 Å². The minimum Gasteiger partial charge on any atom is -0.289 e. The number of hydrogen-bond donors (Lipinski definition) is 0. The lowest BCUT2D eigenvalue weighted by Crippen LogP contribution is -2.32. The molecule has 0 aliphatic heterocycles. The third-order valence-electron chi connectivity index (χ3n) is 8.04. The van der Waals surface area contributed by atoms with E-state index in [2.05, 4.69) is 78.8 Å². The molecule has 0 amide bonds. The third kappa shape index (κ3) is 6.97. The van der Waals surface area contributed by atoms with Gasteiger partial charge in [-0.2, -0.15) is 5.26 Å². The lowest BCUT2D eigenvalue weighted by molar-refractivity contribution is -0.115. The lowest BCUT2D eigenvalue weighted by atomic mass is 9.65. The van der Waals surface area contributed by atoms with E-state index in [1.165, 1.54) is 6.08 Å². The van der Waals surface area contributed by atoms with Crippen molar-refractivity contribution in [3.05, 3.63) is 99.7 Å². The molecule has 3 nitrogen and oxygen atoms in total. The highest BCUT2D eigenvalue weighted by Gasteiger charge is 2.40. The zero-order valence-electron chi connectivity index (χ0n) is 26.0. The van der Waals surface area contributed by atoms with Crippen molar-refractivity contribution in [1.82, 2.24) is 0 Å². The first-order chi connectivity index (χ1) is 18.4. The van der Waals surface area contributed by atoms with Gasteiger partial charge in [0.15, 0.2) is 11.6 Å². The smallest absolute Gasteiger partial charge is 0.186 e. The second-order valence-corrected chi connectivity index (χ2v) is 14.5. The monoisotopic (exact) mass is 535 g/mol. The molecule has 210 valence electrons. The summed E-state index contributed by atoms with van der Waals surface area (Å²) >= 11 is 0. The van der Waals surface area contributed by atoms with Gasteiger partial charge in [0.2, 0.25) is 0 Å². The molecule has 1 aromatic carbocycles. The number of carbonyl (C=O) groups is 2. The Morgan fingerprint density at radius 2 is 1.02 bits per heavy atom. The molecule has 0 saturated carbocycles. The molecule has 0 aromatic heterocycles. The average Bonchev–Trinajstić information content (AvgIpc) is 2.84. The Balaban J connectivity index is 1.97. The lowest BCUT2D eigenvalue weighted by Gasteiger charge is -2.38. The molecule has 40 heavy (non-hydrogen) atoms. The second-order valence-electron chi connectivity index (χ2n) is 14.5. The average molecular weight is 536 g/mol. The SMILES string of the molecule is CC(C)(C)C1=C/C(=C/c2ccccc2)C=C(C(C)(C)CCC(C)(C)C2=C/C(=C/C#N)C=C(C(C)(C)C)C2=O)C1=O. The minimum atomic E-state index is -0.447. The maximum absolute atomic E-state index is 13.9. The summed E-state index contributed by atoms with van der Waals surface area (Å²) in [5.74, 6) is 0.148. The summed E-state index contributed by atoms with van der Waals surface area (Å²) in [7, 11) is 0. The zero-order valence-corrected chi connectivity index (χ0v) is 26.0. The van der Waals surface area contributed by atoms with E-state index in [0.29, 0.717) is 6.42 Å². The van der Waals surface area contributed by atoms with Crippen molar-refractivity contribution in [2.45, 2.75) is 82.1 Å². The highest BCUT2D eigenvalue weighted by Crippen LogP contribution is 2.46. The van der Waals surface area contributed by atoms with E-state index in [0.717, 1.165) is 45.4 Å². The van der Waals surface area contributed by atoms with Gasteiger partial charge >= 0.3 is 0 Å². The summed E-state index contributed by atoms with van der Waals surface area (Å²) < 4.78 is 0. The van der Waals surface area contributed by atoms with Crippen LogP contribution in [0.1, 0.15) is 87.6 Å². The number of nitriles is 1. The van der Waals surface area contributed by atoms with Gasteiger partial charge in [0.25, 0.3) is 0 Å². The van der Waals surface area contributed by atoms with Crippen molar-refractivity contribution < 1.29 is 9.59 Å². The quantitative estimate of drug-likeness (QED) is 0.341. The first kappa shape index (κ1) is 31.0. The fourth-order valence-corrected chi connectivity index (χ4v) is 5.30. The molecule has 0 bridgehead atoms. The van der Waals surface area contributed by atoms with E-state index in [-0.39, 0.29) is 22.4 Å². The van der Waals surface area contributed by atoms with E-state index in [9.17, 15) is 14.9 Å². The van der Waals surface area contributed by atoms with Crippen LogP contribution < -0.4 is 0 Å². The molecule has 0 radical (unpaired) electrons. The van der Waals surface area contributed by atoms with Gasteiger partial charge in [-0.05, 0) is 81.6 Å². The van der Waals surface area contributed by atoms with E-state index in [1.54, 1.807) is 0 Å². The summed E-state index contributed by atoms with van der Waals surface area (Å²) in [6, 6.07) is 12.3. The van der Waals surface area contributed by atoms with Crippen LogP contribution in [0.15, 0.2) is 94.2 Å². The van der Waals surface area contributed by atoms with Gasteiger partial charge in [-0.1, -0.05) is 99.6 Å². The summed E-state index contributed by atoms with van der Waals surface area (Å²) in [4.78, 5) is 27.6. The Kier molecular flexibility index (Phi) is 8.66. The topological polar surface area (TPSA) is 57.9 Å². The molecule has 0 spiro atoms. The van der Waals surface area contributed by atoms with Crippen LogP contribution in [0.5, 0.6) is 0 Å². The first-order valence-corrected chi connectivity index (χ1v) is 14.2. The van der Waals surface area contributed by atoms with E-state index in [4.69, 9.17) is 0 Å². The molecule has 0 fully saturated rings. The van der Waals surface area contributed by atoms with Crippen LogP contribution in [-0.2, 0) is 9.59 Å². The summed E-state index contributed by atoms with van der Waals surface area (Å²) in [5.41, 5.74) is 4.46. The molecule has 0 atom stereocenters. The molecule has 0 heterocycles. The molecule has 3 heteroatoms. The third-order valence-corrected chi connectivity index (χ3v) is 8.04. The van der Waals surface area contributed by atoms with Crippen molar-refractivity contribution in [3.63, 3.8) is 0 Å². The molecule has 2 aliphatic rings. The van der Waals surface area contributed by atoms with Crippen LogP contribution in [0.2, 0.25) is 0 Å². The summed E-state index contributed by atoms with van der Waals surface area (Å²) in [6.45, 7) is 20.8. The molecule has 0 unspecified atom stereocenters. The van der Waals surface area contributed by atoms with E-state index < -0.39 is 10.8 Å². The maximum Gasteiger partial charge on any atom is 0.186 e. The number of allylic oxidation sites excluding steroid dienone is 11. The molecular formula is C37H45NO2. The first-order valence-electron chi connectivity index (χ1n) is 14.2. The number of rotatable bonds is 6. The van der Waals surface area contributed by atoms with Crippen molar-refractivity contribution >= 4 is 17.6 Å². The van der Waals surface area contributed by atoms with Crippen molar-refractivity contribution in [3.8, 4) is 6.07 Å². The number of nitrogens with zero attached hydrogens (tertiary/aromatic N) is 1. The Morgan fingerprint density at radius 3 is 1.45 bits per heavy atom.